The van der Waals surface area contributed by atoms with Gasteiger partial charge in [-0.3, -0.25) is 14.6 Å². The number of carbonyl (C=O) groups is 2. The lowest BCUT2D eigenvalue weighted by atomic mass is 9.95. The molecule has 1 N–H and O–H groups in total. The molecule has 174 valence electrons. The standard InChI is InChI=1S/C26H24N2O6/c1-32-19-7-5-4-6-18(19)15-28-23(16-10-12-27-13-11-16)22(25(30)26(28)31)24(29)17-8-9-20(33-2)21(14-17)34-3/h4-14,23,29H,15H2,1-3H3/b24-22-. The van der Waals surface area contributed by atoms with Crippen LogP contribution in [0.3, 0.4) is 0 Å². The van der Waals surface area contributed by atoms with E-state index in [4.69, 9.17) is 14.2 Å². The second-order valence-electron chi connectivity index (χ2n) is 7.59. The minimum atomic E-state index is -0.819. The van der Waals surface area contributed by atoms with Crippen molar-refractivity contribution in [1.82, 2.24) is 9.88 Å². The maximum absolute atomic E-state index is 13.2. The molecule has 1 aromatic heterocycles. The van der Waals surface area contributed by atoms with Gasteiger partial charge in [-0.05, 0) is 42.0 Å². The summed E-state index contributed by atoms with van der Waals surface area (Å²) in [5.41, 5.74) is 1.69. The third kappa shape index (κ3) is 4.05. The Morgan fingerprint density at radius 2 is 1.59 bits per heavy atom. The van der Waals surface area contributed by atoms with Crippen molar-refractivity contribution in [2.75, 3.05) is 21.3 Å². The number of aromatic nitrogens is 1. The molecule has 2 aromatic carbocycles. The number of pyridine rings is 1. The highest BCUT2D eigenvalue weighted by molar-refractivity contribution is 6.46. The molecule has 0 radical (unpaired) electrons. The predicted octanol–water partition coefficient (Wildman–Crippen LogP) is 3.73. The zero-order valence-electron chi connectivity index (χ0n) is 19.0. The van der Waals surface area contributed by atoms with Crippen molar-refractivity contribution in [3.05, 3.63) is 89.3 Å². The first kappa shape index (κ1) is 22.8. The molecule has 4 rings (SSSR count). The predicted molar refractivity (Wildman–Crippen MR) is 125 cm³/mol. The number of aliphatic hydroxyl groups excluding tert-OH is 1. The van der Waals surface area contributed by atoms with Gasteiger partial charge in [-0.1, -0.05) is 18.2 Å². The number of ether oxygens (including phenoxy) is 3. The Kier molecular flexibility index (Phi) is 6.49. The molecule has 34 heavy (non-hydrogen) atoms. The number of hydrogen-bond acceptors (Lipinski definition) is 7. The second-order valence-corrected chi connectivity index (χ2v) is 7.59. The van der Waals surface area contributed by atoms with Crippen molar-refractivity contribution >= 4 is 17.4 Å². The number of benzene rings is 2. The van der Waals surface area contributed by atoms with Gasteiger partial charge in [0.05, 0.1) is 39.5 Å². The largest absolute Gasteiger partial charge is 0.507 e. The molecule has 1 aliphatic rings. The maximum Gasteiger partial charge on any atom is 0.295 e. The number of carbonyl (C=O) groups excluding carboxylic acids is 2. The van der Waals surface area contributed by atoms with Crippen LogP contribution in [-0.4, -0.2) is 48.0 Å². The molecular weight excluding hydrogens is 436 g/mol. The molecule has 0 aliphatic carbocycles. The summed E-state index contributed by atoms with van der Waals surface area (Å²) in [6, 6.07) is 14.7. The summed E-state index contributed by atoms with van der Waals surface area (Å²) in [6.45, 7) is 0.115. The van der Waals surface area contributed by atoms with Crippen LogP contribution in [0, 0.1) is 0 Å². The van der Waals surface area contributed by atoms with Crippen LogP contribution in [0.25, 0.3) is 5.76 Å². The smallest absolute Gasteiger partial charge is 0.295 e. The fourth-order valence-corrected chi connectivity index (χ4v) is 4.09. The van der Waals surface area contributed by atoms with Crippen LogP contribution in [0.1, 0.15) is 22.7 Å². The Labute approximate surface area is 197 Å². The van der Waals surface area contributed by atoms with E-state index in [-0.39, 0.29) is 17.9 Å². The fourth-order valence-electron chi connectivity index (χ4n) is 4.09. The van der Waals surface area contributed by atoms with Gasteiger partial charge in [0, 0.05) is 23.5 Å². The molecule has 0 spiro atoms. The number of ketones is 1. The Morgan fingerprint density at radius 3 is 2.26 bits per heavy atom. The number of hydrogen-bond donors (Lipinski definition) is 1. The van der Waals surface area contributed by atoms with E-state index < -0.39 is 17.7 Å². The number of amides is 1. The lowest BCUT2D eigenvalue weighted by molar-refractivity contribution is -0.140. The molecule has 1 atom stereocenters. The number of para-hydroxylation sites is 1. The molecule has 8 heteroatoms. The fraction of sp³-hybridized carbons (Fsp3) is 0.192. The number of aliphatic hydroxyl groups is 1. The monoisotopic (exact) mass is 460 g/mol. The first-order chi connectivity index (χ1) is 16.5. The van der Waals surface area contributed by atoms with Crippen molar-refractivity contribution in [2.24, 2.45) is 0 Å². The third-order valence-corrected chi connectivity index (χ3v) is 5.75. The molecule has 1 fully saturated rings. The summed E-state index contributed by atoms with van der Waals surface area (Å²) in [5, 5.41) is 11.3. The van der Waals surface area contributed by atoms with Crippen LogP contribution in [0.4, 0.5) is 0 Å². The Balaban J connectivity index is 1.86. The van der Waals surface area contributed by atoms with Gasteiger partial charge in [0.15, 0.2) is 11.5 Å². The van der Waals surface area contributed by atoms with Crippen molar-refractivity contribution in [3.8, 4) is 17.2 Å². The average molecular weight is 460 g/mol. The molecule has 1 amide bonds. The van der Waals surface area contributed by atoms with Gasteiger partial charge < -0.3 is 24.2 Å². The number of Topliss-reactive ketones (excluding diaryl/α,β-unsaturated/α-hetero) is 1. The van der Waals surface area contributed by atoms with E-state index in [1.54, 1.807) is 55.9 Å². The van der Waals surface area contributed by atoms with E-state index in [1.165, 1.54) is 19.1 Å². The Bertz CT molecular complexity index is 1260. The minimum Gasteiger partial charge on any atom is -0.507 e. The molecule has 2 heterocycles. The molecule has 3 aromatic rings. The van der Waals surface area contributed by atoms with E-state index in [2.05, 4.69) is 4.98 Å². The van der Waals surface area contributed by atoms with Gasteiger partial charge in [-0.2, -0.15) is 0 Å². The van der Waals surface area contributed by atoms with E-state index in [1.807, 2.05) is 18.2 Å². The zero-order valence-corrected chi connectivity index (χ0v) is 19.0. The van der Waals surface area contributed by atoms with Crippen LogP contribution < -0.4 is 14.2 Å². The molecule has 1 saturated heterocycles. The van der Waals surface area contributed by atoms with Gasteiger partial charge in [-0.15, -0.1) is 0 Å². The van der Waals surface area contributed by atoms with Gasteiger partial charge in [0.25, 0.3) is 11.7 Å². The minimum absolute atomic E-state index is 0.0154. The topological polar surface area (TPSA) is 98.2 Å². The summed E-state index contributed by atoms with van der Waals surface area (Å²) in [5.74, 6) is -0.336. The van der Waals surface area contributed by atoms with Crippen LogP contribution in [0.2, 0.25) is 0 Å². The van der Waals surface area contributed by atoms with Gasteiger partial charge in [-0.25, -0.2) is 0 Å². The summed E-state index contributed by atoms with van der Waals surface area (Å²) < 4.78 is 16.0. The molecular formula is C26H24N2O6. The normalized spacial score (nSPS) is 17.0. The number of methoxy groups -OCH3 is 3. The summed E-state index contributed by atoms with van der Waals surface area (Å²) in [7, 11) is 4.53. The SMILES string of the molecule is COc1ccccc1CN1C(=O)C(=O)/C(=C(\O)c2ccc(OC)c(OC)c2)C1c1ccncc1. The molecule has 0 saturated carbocycles. The van der Waals surface area contributed by atoms with Crippen molar-refractivity contribution in [1.29, 1.82) is 0 Å². The van der Waals surface area contributed by atoms with E-state index >= 15 is 0 Å². The highest BCUT2D eigenvalue weighted by atomic mass is 16.5. The first-order valence-corrected chi connectivity index (χ1v) is 10.5. The van der Waals surface area contributed by atoms with Crippen LogP contribution in [-0.2, 0) is 16.1 Å². The average Bonchev–Trinajstić information content (AvgIpc) is 3.13. The number of nitrogens with zero attached hydrogens (tertiary/aromatic N) is 2. The highest BCUT2D eigenvalue weighted by Gasteiger charge is 2.46. The van der Waals surface area contributed by atoms with Crippen LogP contribution >= 0.6 is 0 Å². The lowest BCUT2D eigenvalue weighted by Crippen LogP contribution is -2.29. The molecule has 0 bridgehead atoms. The van der Waals surface area contributed by atoms with E-state index in [0.717, 1.165) is 5.56 Å². The lowest BCUT2D eigenvalue weighted by Gasteiger charge is -2.26. The summed E-state index contributed by atoms with van der Waals surface area (Å²) >= 11 is 0. The van der Waals surface area contributed by atoms with E-state index in [0.29, 0.717) is 28.4 Å². The Hall–Kier alpha value is -4.33. The van der Waals surface area contributed by atoms with Gasteiger partial charge in [0.2, 0.25) is 0 Å². The summed E-state index contributed by atoms with van der Waals surface area (Å²) in [6.07, 6.45) is 3.16. The molecule has 1 unspecified atom stereocenters. The second kappa shape index (κ2) is 9.66. The molecule has 8 nitrogen and oxygen atoms in total. The van der Waals surface area contributed by atoms with Gasteiger partial charge in [0.1, 0.15) is 11.5 Å². The van der Waals surface area contributed by atoms with Gasteiger partial charge >= 0.3 is 0 Å². The van der Waals surface area contributed by atoms with Crippen molar-refractivity contribution in [3.63, 3.8) is 0 Å². The zero-order chi connectivity index (χ0) is 24.2. The quantitative estimate of drug-likeness (QED) is 0.326. The summed E-state index contributed by atoms with van der Waals surface area (Å²) in [4.78, 5) is 31.9. The number of rotatable bonds is 7. The van der Waals surface area contributed by atoms with Crippen LogP contribution in [0.5, 0.6) is 17.2 Å². The van der Waals surface area contributed by atoms with Crippen molar-refractivity contribution < 1.29 is 28.9 Å². The first-order valence-electron chi connectivity index (χ1n) is 10.5. The Morgan fingerprint density at radius 1 is 0.912 bits per heavy atom. The van der Waals surface area contributed by atoms with Crippen LogP contribution in [0.15, 0.2) is 72.6 Å². The number of likely N-dealkylation sites (tertiary alicyclic amines) is 1. The molecule has 1 aliphatic heterocycles. The third-order valence-electron chi connectivity index (χ3n) is 5.75. The maximum atomic E-state index is 13.2. The highest BCUT2D eigenvalue weighted by Crippen LogP contribution is 2.41. The van der Waals surface area contributed by atoms with Crippen molar-refractivity contribution in [2.45, 2.75) is 12.6 Å². The van der Waals surface area contributed by atoms with E-state index in [9.17, 15) is 14.7 Å².